The topological polar surface area (TPSA) is 89.3 Å². The molecule has 0 aliphatic heterocycles. The molecule has 0 aromatic heterocycles. The van der Waals surface area contributed by atoms with Crippen molar-refractivity contribution in [1.29, 1.82) is 0 Å². The fraction of sp³-hybridized carbons (Fsp3) is 0.300. The van der Waals surface area contributed by atoms with Gasteiger partial charge in [0.25, 0.3) is 5.91 Å². The van der Waals surface area contributed by atoms with Gasteiger partial charge in [0.2, 0.25) is 10.0 Å². The van der Waals surface area contributed by atoms with Crippen molar-refractivity contribution < 1.29 is 13.2 Å². The van der Waals surface area contributed by atoms with Gasteiger partial charge >= 0.3 is 0 Å². The lowest BCUT2D eigenvalue weighted by Gasteiger charge is -2.04. The molecular formula is C10H14N2O3S2. The van der Waals surface area contributed by atoms with Crippen molar-refractivity contribution in [2.75, 3.05) is 12.3 Å². The van der Waals surface area contributed by atoms with Crippen LogP contribution in [0.1, 0.15) is 16.8 Å². The Labute approximate surface area is 106 Å². The molecule has 0 heterocycles. The Hall–Kier alpha value is -1.05. The number of nitrogens with one attached hydrogen (secondary N) is 1. The molecule has 1 aromatic rings. The zero-order valence-electron chi connectivity index (χ0n) is 9.09. The highest BCUT2D eigenvalue weighted by molar-refractivity contribution is 7.89. The largest absolute Gasteiger partial charge is 0.352 e. The van der Waals surface area contributed by atoms with Gasteiger partial charge in [0.1, 0.15) is 0 Å². The monoisotopic (exact) mass is 274 g/mol. The van der Waals surface area contributed by atoms with Gasteiger partial charge in [0, 0.05) is 17.0 Å². The summed E-state index contributed by atoms with van der Waals surface area (Å²) in [5.41, 5.74) is 0.512. The van der Waals surface area contributed by atoms with E-state index in [1.807, 2.05) is 0 Å². The van der Waals surface area contributed by atoms with Gasteiger partial charge in [-0.25, -0.2) is 13.6 Å². The second-order valence-corrected chi connectivity index (χ2v) is 5.77. The van der Waals surface area contributed by atoms with Crippen molar-refractivity contribution in [1.82, 2.24) is 5.32 Å². The summed E-state index contributed by atoms with van der Waals surface area (Å²) < 4.78 is 21.3. The van der Waals surface area contributed by atoms with Gasteiger partial charge in [0.05, 0.1) is 5.75 Å². The summed E-state index contributed by atoms with van der Waals surface area (Å²) in [5, 5.41) is 7.44. The Morgan fingerprint density at radius 1 is 1.29 bits per heavy atom. The van der Waals surface area contributed by atoms with E-state index in [4.69, 9.17) is 5.14 Å². The summed E-state index contributed by atoms with van der Waals surface area (Å²) >= 11 is 4.11. The van der Waals surface area contributed by atoms with E-state index >= 15 is 0 Å². The van der Waals surface area contributed by atoms with Gasteiger partial charge in [-0.05, 0) is 30.7 Å². The predicted octanol–water partition coefficient (Wildman–Crippen LogP) is 0.384. The number of hydrogen-bond acceptors (Lipinski definition) is 4. The molecule has 5 nitrogen and oxygen atoms in total. The molecule has 0 spiro atoms. The smallest absolute Gasteiger partial charge is 0.251 e. The Morgan fingerprint density at radius 3 is 2.41 bits per heavy atom. The minimum atomic E-state index is -3.45. The lowest BCUT2D eigenvalue weighted by molar-refractivity contribution is 0.0953. The molecule has 17 heavy (non-hydrogen) atoms. The fourth-order valence-corrected chi connectivity index (χ4v) is 1.89. The van der Waals surface area contributed by atoms with E-state index in [9.17, 15) is 13.2 Å². The summed E-state index contributed by atoms with van der Waals surface area (Å²) in [5.74, 6) is -0.379. The zero-order valence-corrected chi connectivity index (χ0v) is 10.8. The molecule has 0 aliphatic carbocycles. The van der Waals surface area contributed by atoms with E-state index in [1.54, 1.807) is 24.3 Å². The first-order valence-electron chi connectivity index (χ1n) is 4.96. The number of nitrogens with two attached hydrogens (primary N) is 1. The first-order chi connectivity index (χ1) is 7.88. The van der Waals surface area contributed by atoms with Crippen LogP contribution in [-0.2, 0) is 10.0 Å². The highest BCUT2D eigenvalue weighted by atomic mass is 32.2. The maximum Gasteiger partial charge on any atom is 0.251 e. The summed E-state index contributed by atoms with van der Waals surface area (Å²) in [6.45, 7) is 0.276. The molecule has 0 aliphatic rings. The maximum absolute atomic E-state index is 11.6. The lowest BCUT2D eigenvalue weighted by Crippen LogP contribution is -2.27. The molecule has 0 bridgehead atoms. The molecule has 0 fully saturated rings. The molecule has 94 valence electrons. The Bertz CT molecular complexity index is 483. The van der Waals surface area contributed by atoms with Crippen LogP contribution in [-0.4, -0.2) is 26.6 Å². The number of thiol groups is 1. The molecule has 1 rings (SSSR count). The zero-order chi connectivity index (χ0) is 12.9. The number of sulfonamides is 1. The number of amides is 1. The molecule has 0 saturated carbocycles. The number of benzene rings is 1. The van der Waals surface area contributed by atoms with Crippen LogP contribution < -0.4 is 10.5 Å². The number of rotatable bonds is 5. The molecule has 0 saturated heterocycles. The standard InChI is InChI=1S/C10H14N2O3S2/c11-17(14,15)7-1-6-12-10(13)8-2-4-9(16)5-3-8/h2-5,16H,1,6-7H2,(H,12,13)(H2,11,14,15). The van der Waals surface area contributed by atoms with Gasteiger partial charge in [-0.15, -0.1) is 12.6 Å². The van der Waals surface area contributed by atoms with Gasteiger partial charge in [-0.3, -0.25) is 4.79 Å². The van der Waals surface area contributed by atoms with Crippen LogP contribution >= 0.6 is 12.6 Å². The quantitative estimate of drug-likeness (QED) is 0.536. The molecular weight excluding hydrogens is 260 g/mol. The van der Waals surface area contributed by atoms with Crippen LogP contribution in [0.2, 0.25) is 0 Å². The summed E-state index contributed by atoms with van der Waals surface area (Å²) in [6, 6.07) is 6.72. The van der Waals surface area contributed by atoms with Crippen LogP contribution in [0.15, 0.2) is 29.2 Å². The van der Waals surface area contributed by atoms with Crippen molar-refractivity contribution in [2.45, 2.75) is 11.3 Å². The van der Waals surface area contributed by atoms with E-state index in [2.05, 4.69) is 17.9 Å². The van der Waals surface area contributed by atoms with E-state index in [-0.39, 0.29) is 18.2 Å². The number of carbonyl (C=O) groups is 1. The van der Waals surface area contributed by atoms with E-state index < -0.39 is 10.0 Å². The summed E-state index contributed by atoms with van der Waals surface area (Å²) in [7, 11) is -3.45. The lowest BCUT2D eigenvalue weighted by atomic mass is 10.2. The van der Waals surface area contributed by atoms with Crippen LogP contribution in [0, 0.1) is 0 Å². The van der Waals surface area contributed by atoms with Crippen LogP contribution in [0.3, 0.4) is 0 Å². The van der Waals surface area contributed by atoms with Crippen molar-refractivity contribution in [3.05, 3.63) is 29.8 Å². The highest BCUT2D eigenvalue weighted by Crippen LogP contribution is 2.07. The molecule has 3 N–H and O–H groups in total. The van der Waals surface area contributed by atoms with Crippen LogP contribution in [0.5, 0.6) is 0 Å². The van der Waals surface area contributed by atoms with Crippen molar-refractivity contribution in [3.63, 3.8) is 0 Å². The number of hydrogen-bond donors (Lipinski definition) is 3. The van der Waals surface area contributed by atoms with Gasteiger partial charge in [-0.1, -0.05) is 0 Å². The maximum atomic E-state index is 11.6. The second kappa shape index (κ2) is 6.04. The highest BCUT2D eigenvalue weighted by Gasteiger charge is 2.06. The number of carbonyl (C=O) groups excluding carboxylic acids is 1. The van der Waals surface area contributed by atoms with Crippen LogP contribution in [0.4, 0.5) is 0 Å². The summed E-state index contributed by atoms with van der Waals surface area (Å²) in [4.78, 5) is 12.3. The van der Waals surface area contributed by atoms with Crippen molar-refractivity contribution in [3.8, 4) is 0 Å². The molecule has 7 heteroatoms. The molecule has 0 radical (unpaired) electrons. The number of primary sulfonamides is 1. The normalized spacial score (nSPS) is 11.2. The third-order valence-electron chi connectivity index (χ3n) is 2.02. The average Bonchev–Trinajstić information content (AvgIpc) is 2.24. The Morgan fingerprint density at radius 2 is 1.88 bits per heavy atom. The molecule has 1 amide bonds. The first kappa shape index (κ1) is 14.0. The Balaban J connectivity index is 2.38. The second-order valence-electron chi connectivity index (χ2n) is 3.52. The fourth-order valence-electron chi connectivity index (χ4n) is 1.19. The minimum Gasteiger partial charge on any atom is -0.352 e. The predicted molar refractivity (Wildman–Crippen MR) is 68.6 cm³/mol. The third kappa shape index (κ3) is 5.71. The summed E-state index contributed by atoms with van der Waals surface area (Å²) in [6.07, 6.45) is 0.301. The van der Waals surface area contributed by atoms with Crippen molar-refractivity contribution in [2.24, 2.45) is 5.14 Å². The first-order valence-corrected chi connectivity index (χ1v) is 7.12. The van der Waals surface area contributed by atoms with Crippen LogP contribution in [0.25, 0.3) is 0 Å². The van der Waals surface area contributed by atoms with E-state index in [0.717, 1.165) is 4.90 Å². The minimum absolute atomic E-state index is 0.136. The van der Waals surface area contributed by atoms with Gasteiger partial charge in [-0.2, -0.15) is 0 Å². The SMILES string of the molecule is NS(=O)(=O)CCCNC(=O)c1ccc(S)cc1. The van der Waals surface area contributed by atoms with E-state index in [1.165, 1.54) is 0 Å². The average molecular weight is 274 g/mol. The third-order valence-corrected chi connectivity index (χ3v) is 3.18. The van der Waals surface area contributed by atoms with Crippen molar-refractivity contribution >= 4 is 28.6 Å². The molecule has 0 unspecified atom stereocenters. The van der Waals surface area contributed by atoms with Gasteiger partial charge < -0.3 is 5.32 Å². The molecule has 0 atom stereocenters. The molecule has 1 aromatic carbocycles. The Kier molecular flexibility index (Phi) is 4.98. The van der Waals surface area contributed by atoms with E-state index in [0.29, 0.717) is 12.0 Å². The van der Waals surface area contributed by atoms with Gasteiger partial charge in [0.15, 0.2) is 0 Å².